The van der Waals surface area contributed by atoms with Crippen LogP contribution in [0.3, 0.4) is 0 Å². The summed E-state index contributed by atoms with van der Waals surface area (Å²) in [4.78, 5) is 37.1. The Balaban J connectivity index is 1.76. The number of carbonyl (C=O) groups excluding carboxylic acids is 3. The van der Waals surface area contributed by atoms with Gasteiger partial charge in [-0.25, -0.2) is 0 Å². The van der Waals surface area contributed by atoms with Gasteiger partial charge in [0.2, 0.25) is 11.8 Å². The van der Waals surface area contributed by atoms with Crippen LogP contribution in [-0.2, 0) is 9.59 Å². The Morgan fingerprint density at radius 3 is 2.54 bits per heavy atom. The molecule has 0 saturated carbocycles. The molecule has 1 heterocycles. The van der Waals surface area contributed by atoms with E-state index in [9.17, 15) is 14.4 Å². The van der Waals surface area contributed by atoms with Crippen molar-refractivity contribution >= 4 is 40.9 Å². The third-order valence-electron chi connectivity index (χ3n) is 3.85. The molecule has 1 aliphatic heterocycles. The van der Waals surface area contributed by atoms with E-state index in [-0.39, 0.29) is 30.8 Å². The fourth-order valence-corrected chi connectivity index (χ4v) is 2.93. The zero-order chi connectivity index (χ0) is 17.7. The highest BCUT2D eigenvalue weighted by Gasteiger charge is 2.31. The lowest BCUT2D eigenvalue weighted by atomic mass is 10.2. The van der Waals surface area contributed by atoms with E-state index in [1.54, 1.807) is 17.0 Å². The van der Waals surface area contributed by atoms with Crippen molar-refractivity contribution in [1.82, 2.24) is 15.5 Å². The molecule has 0 aromatic heterocycles. The maximum atomic E-state index is 12.1. The number of hydrogen-bond acceptors (Lipinski definition) is 3. The SMILES string of the molecule is CC(=O)N1CCCC1C(=O)NCCNC(=O)c1ccc(Cl)c(Cl)c1. The summed E-state index contributed by atoms with van der Waals surface area (Å²) in [6, 6.07) is 4.21. The Bertz CT molecular complexity index is 651. The van der Waals surface area contributed by atoms with Gasteiger partial charge in [-0.2, -0.15) is 0 Å². The molecule has 2 rings (SSSR count). The summed E-state index contributed by atoms with van der Waals surface area (Å²) < 4.78 is 0. The number of benzene rings is 1. The summed E-state index contributed by atoms with van der Waals surface area (Å²) in [5.41, 5.74) is 0.397. The van der Waals surface area contributed by atoms with Gasteiger partial charge in [0.05, 0.1) is 10.0 Å². The molecule has 3 amide bonds. The van der Waals surface area contributed by atoms with Crippen molar-refractivity contribution in [3.8, 4) is 0 Å². The second kappa shape index (κ2) is 8.35. The van der Waals surface area contributed by atoms with Crippen molar-refractivity contribution in [3.05, 3.63) is 33.8 Å². The van der Waals surface area contributed by atoms with Crippen LogP contribution in [0.4, 0.5) is 0 Å². The summed E-state index contributed by atoms with van der Waals surface area (Å²) in [7, 11) is 0. The first-order valence-corrected chi connectivity index (χ1v) is 8.44. The van der Waals surface area contributed by atoms with E-state index >= 15 is 0 Å². The molecular formula is C16H19Cl2N3O3. The molecule has 1 aromatic rings. The number of carbonyl (C=O) groups is 3. The van der Waals surface area contributed by atoms with E-state index in [1.807, 2.05) is 0 Å². The fraction of sp³-hybridized carbons (Fsp3) is 0.438. The van der Waals surface area contributed by atoms with Gasteiger partial charge in [-0.15, -0.1) is 0 Å². The monoisotopic (exact) mass is 371 g/mol. The van der Waals surface area contributed by atoms with Crippen molar-refractivity contribution in [2.75, 3.05) is 19.6 Å². The average Bonchev–Trinajstić information content (AvgIpc) is 3.03. The average molecular weight is 372 g/mol. The number of hydrogen-bond donors (Lipinski definition) is 2. The normalized spacial score (nSPS) is 16.8. The van der Waals surface area contributed by atoms with E-state index in [0.717, 1.165) is 6.42 Å². The molecular weight excluding hydrogens is 353 g/mol. The molecule has 130 valence electrons. The quantitative estimate of drug-likeness (QED) is 0.775. The smallest absolute Gasteiger partial charge is 0.251 e. The largest absolute Gasteiger partial charge is 0.353 e. The predicted octanol–water partition coefficient (Wildman–Crippen LogP) is 1.85. The van der Waals surface area contributed by atoms with Crippen LogP contribution in [0.25, 0.3) is 0 Å². The highest BCUT2D eigenvalue weighted by molar-refractivity contribution is 6.42. The Hall–Kier alpha value is -1.79. The molecule has 0 radical (unpaired) electrons. The number of nitrogens with zero attached hydrogens (tertiary/aromatic N) is 1. The van der Waals surface area contributed by atoms with Gasteiger partial charge in [0, 0.05) is 32.1 Å². The van der Waals surface area contributed by atoms with E-state index in [2.05, 4.69) is 10.6 Å². The van der Waals surface area contributed by atoms with E-state index in [1.165, 1.54) is 13.0 Å². The highest BCUT2D eigenvalue weighted by atomic mass is 35.5. The molecule has 2 N–H and O–H groups in total. The fourth-order valence-electron chi connectivity index (χ4n) is 2.64. The van der Waals surface area contributed by atoms with E-state index in [0.29, 0.717) is 28.6 Å². The predicted molar refractivity (Wildman–Crippen MR) is 92.2 cm³/mol. The minimum atomic E-state index is -0.409. The van der Waals surface area contributed by atoms with Crippen molar-refractivity contribution in [1.29, 1.82) is 0 Å². The molecule has 8 heteroatoms. The number of rotatable bonds is 5. The molecule has 1 saturated heterocycles. The second-order valence-electron chi connectivity index (χ2n) is 5.55. The van der Waals surface area contributed by atoms with Crippen molar-refractivity contribution in [3.63, 3.8) is 0 Å². The van der Waals surface area contributed by atoms with Crippen LogP contribution < -0.4 is 10.6 Å². The molecule has 1 unspecified atom stereocenters. The number of nitrogens with one attached hydrogen (secondary N) is 2. The number of halogens is 2. The van der Waals surface area contributed by atoms with Crippen molar-refractivity contribution < 1.29 is 14.4 Å². The van der Waals surface area contributed by atoms with Gasteiger partial charge < -0.3 is 15.5 Å². The number of likely N-dealkylation sites (tertiary alicyclic amines) is 1. The number of amides is 3. The van der Waals surface area contributed by atoms with Gasteiger partial charge >= 0.3 is 0 Å². The van der Waals surface area contributed by atoms with Gasteiger partial charge in [0.25, 0.3) is 5.91 Å². The molecule has 0 spiro atoms. The molecule has 6 nitrogen and oxygen atoms in total. The van der Waals surface area contributed by atoms with Crippen LogP contribution in [0.2, 0.25) is 10.0 Å². The molecule has 0 bridgehead atoms. The summed E-state index contributed by atoms with van der Waals surface area (Å²) >= 11 is 11.7. The minimum Gasteiger partial charge on any atom is -0.353 e. The molecule has 1 atom stereocenters. The van der Waals surface area contributed by atoms with Gasteiger partial charge in [0.1, 0.15) is 6.04 Å². The third kappa shape index (κ3) is 4.61. The first-order valence-electron chi connectivity index (χ1n) is 7.68. The van der Waals surface area contributed by atoms with Gasteiger partial charge in [0.15, 0.2) is 0 Å². The van der Waals surface area contributed by atoms with Crippen LogP contribution in [0.15, 0.2) is 18.2 Å². The standard InChI is InChI=1S/C16H19Cl2N3O3/c1-10(22)21-8-2-3-14(21)16(24)20-7-6-19-15(23)11-4-5-12(17)13(18)9-11/h4-5,9,14H,2-3,6-8H2,1H3,(H,19,23)(H,20,24). The zero-order valence-corrected chi connectivity index (χ0v) is 14.8. The highest BCUT2D eigenvalue weighted by Crippen LogP contribution is 2.22. The molecule has 1 aliphatic rings. The second-order valence-corrected chi connectivity index (χ2v) is 6.36. The van der Waals surface area contributed by atoms with Crippen LogP contribution in [0.5, 0.6) is 0 Å². The maximum Gasteiger partial charge on any atom is 0.251 e. The van der Waals surface area contributed by atoms with Gasteiger partial charge in [-0.05, 0) is 31.0 Å². The molecule has 1 fully saturated rings. The Morgan fingerprint density at radius 1 is 1.17 bits per heavy atom. The van der Waals surface area contributed by atoms with E-state index < -0.39 is 6.04 Å². The Morgan fingerprint density at radius 2 is 1.88 bits per heavy atom. The minimum absolute atomic E-state index is 0.0967. The Kier molecular flexibility index (Phi) is 6.45. The van der Waals surface area contributed by atoms with Crippen LogP contribution in [0.1, 0.15) is 30.1 Å². The van der Waals surface area contributed by atoms with Gasteiger partial charge in [-0.1, -0.05) is 23.2 Å². The lowest BCUT2D eigenvalue weighted by Crippen LogP contribution is -2.46. The topological polar surface area (TPSA) is 78.5 Å². The summed E-state index contributed by atoms with van der Waals surface area (Å²) in [5.74, 6) is -0.582. The first kappa shape index (κ1) is 18.5. The summed E-state index contributed by atoms with van der Waals surface area (Å²) in [6.45, 7) is 2.64. The maximum absolute atomic E-state index is 12.1. The lowest BCUT2D eigenvalue weighted by molar-refractivity contribution is -0.136. The van der Waals surface area contributed by atoms with Crippen LogP contribution in [-0.4, -0.2) is 48.3 Å². The van der Waals surface area contributed by atoms with Crippen molar-refractivity contribution in [2.45, 2.75) is 25.8 Å². The third-order valence-corrected chi connectivity index (χ3v) is 4.59. The summed E-state index contributed by atoms with van der Waals surface area (Å²) in [5, 5.41) is 6.12. The van der Waals surface area contributed by atoms with Crippen LogP contribution in [0, 0.1) is 0 Å². The van der Waals surface area contributed by atoms with E-state index in [4.69, 9.17) is 23.2 Å². The van der Waals surface area contributed by atoms with Crippen molar-refractivity contribution in [2.24, 2.45) is 0 Å². The first-order chi connectivity index (χ1) is 11.4. The van der Waals surface area contributed by atoms with Gasteiger partial charge in [-0.3, -0.25) is 14.4 Å². The van der Waals surface area contributed by atoms with Crippen LogP contribution >= 0.6 is 23.2 Å². The summed E-state index contributed by atoms with van der Waals surface area (Å²) in [6.07, 6.45) is 1.49. The Labute approximate surface area is 150 Å². The zero-order valence-electron chi connectivity index (χ0n) is 13.3. The molecule has 1 aromatic carbocycles. The molecule has 0 aliphatic carbocycles. The lowest BCUT2D eigenvalue weighted by Gasteiger charge is -2.22. The molecule has 24 heavy (non-hydrogen) atoms.